The van der Waals surface area contributed by atoms with Crippen LogP contribution in [0.2, 0.25) is 0 Å². The maximum absolute atomic E-state index is 11.9. The van der Waals surface area contributed by atoms with Crippen LogP contribution in [0, 0.1) is 5.92 Å². The number of aliphatic hydroxyl groups excluding tert-OH is 1. The molecule has 1 fully saturated rings. The first-order valence-electron chi connectivity index (χ1n) is 6.61. The van der Waals surface area contributed by atoms with E-state index in [4.69, 9.17) is 4.74 Å². The fourth-order valence-corrected chi connectivity index (χ4v) is 2.92. The van der Waals surface area contributed by atoms with Gasteiger partial charge in [-0.1, -0.05) is 0 Å². The van der Waals surface area contributed by atoms with Crippen LogP contribution in [-0.4, -0.2) is 40.5 Å². The fraction of sp³-hybridized carbons (Fsp3) is 0.615. The number of methoxy groups -OCH3 is 1. The summed E-state index contributed by atoms with van der Waals surface area (Å²) in [7, 11) is 1.28. The summed E-state index contributed by atoms with van der Waals surface area (Å²) in [5.41, 5.74) is 1.51. The largest absolute Gasteiger partial charge is 0.468 e. The smallest absolute Gasteiger partial charge is 0.359 e. The Hall–Kier alpha value is -1.89. The quantitative estimate of drug-likeness (QED) is 0.802. The summed E-state index contributed by atoms with van der Waals surface area (Å²) in [6.45, 7) is 1.86. The van der Waals surface area contributed by atoms with Crippen LogP contribution in [0.1, 0.15) is 47.1 Å². The lowest BCUT2D eigenvalue weighted by molar-refractivity contribution is -0.141. The van der Waals surface area contributed by atoms with Crippen LogP contribution in [0.15, 0.2) is 0 Å². The molecule has 7 nitrogen and oxygen atoms in total. The molecule has 2 aliphatic rings. The van der Waals surface area contributed by atoms with E-state index in [0.717, 1.165) is 12.0 Å². The number of carbonyl (C=O) groups is 2. The van der Waals surface area contributed by atoms with Crippen molar-refractivity contribution in [1.29, 1.82) is 0 Å². The van der Waals surface area contributed by atoms with Crippen molar-refractivity contribution in [2.75, 3.05) is 13.7 Å². The van der Waals surface area contributed by atoms with Crippen molar-refractivity contribution >= 4 is 11.9 Å². The van der Waals surface area contributed by atoms with Crippen LogP contribution in [0.5, 0.6) is 0 Å². The van der Waals surface area contributed by atoms with E-state index in [0.29, 0.717) is 5.69 Å². The number of carbonyl (C=O) groups excluding carboxylic acids is 2. The van der Waals surface area contributed by atoms with Crippen LogP contribution in [0.4, 0.5) is 0 Å². The van der Waals surface area contributed by atoms with Gasteiger partial charge in [-0.2, -0.15) is 5.10 Å². The molecule has 0 bridgehead atoms. The maximum Gasteiger partial charge on any atom is 0.359 e. The second-order valence-electron chi connectivity index (χ2n) is 5.05. The molecule has 0 saturated heterocycles. The lowest BCUT2D eigenvalue weighted by Crippen LogP contribution is -2.17. The van der Waals surface area contributed by atoms with Crippen molar-refractivity contribution in [2.24, 2.45) is 5.92 Å². The molecule has 7 heteroatoms. The highest BCUT2D eigenvalue weighted by Gasteiger charge is 2.56. The van der Waals surface area contributed by atoms with E-state index < -0.39 is 18.0 Å². The Morgan fingerprint density at radius 3 is 2.90 bits per heavy atom. The summed E-state index contributed by atoms with van der Waals surface area (Å²) >= 11 is 0. The average Bonchev–Trinajstić information content (AvgIpc) is 3.05. The van der Waals surface area contributed by atoms with Gasteiger partial charge in [0.15, 0.2) is 5.69 Å². The Morgan fingerprint density at radius 2 is 2.25 bits per heavy atom. The van der Waals surface area contributed by atoms with Crippen LogP contribution < -0.4 is 0 Å². The minimum Gasteiger partial charge on any atom is -0.468 e. The summed E-state index contributed by atoms with van der Waals surface area (Å²) in [5, 5.41) is 14.4. The Balaban J connectivity index is 2.00. The number of hydrogen-bond acceptors (Lipinski definition) is 6. The van der Waals surface area contributed by atoms with E-state index in [1.54, 1.807) is 6.92 Å². The third-order valence-electron chi connectivity index (χ3n) is 3.90. The predicted molar refractivity (Wildman–Crippen MR) is 66.0 cm³/mol. The molecule has 1 aromatic rings. The van der Waals surface area contributed by atoms with Gasteiger partial charge < -0.3 is 14.6 Å². The zero-order valence-electron chi connectivity index (χ0n) is 11.3. The molecular weight excluding hydrogens is 264 g/mol. The third kappa shape index (κ3) is 1.81. The molecule has 0 radical (unpaired) electrons. The number of ether oxygens (including phenoxy) is 2. The molecule has 1 aromatic heterocycles. The molecule has 3 unspecified atom stereocenters. The first-order chi connectivity index (χ1) is 9.58. The highest BCUT2D eigenvalue weighted by atomic mass is 16.5. The highest BCUT2D eigenvalue weighted by molar-refractivity contribution is 5.90. The Labute approximate surface area is 115 Å². The Bertz CT molecular complexity index is 580. The molecule has 0 spiro atoms. The molecule has 108 valence electrons. The van der Waals surface area contributed by atoms with Crippen molar-refractivity contribution in [3.05, 3.63) is 17.0 Å². The predicted octanol–water partition coefficient (Wildman–Crippen LogP) is 0.383. The van der Waals surface area contributed by atoms with Gasteiger partial charge in [-0.25, -0.2) is 4.79 Å². The minimum absolute atomic E-state index is 0.116. The van der Waals surface area contributed by atoms with E-state index in [9.17, 15) is 14.7 Å². The van der Waals surface area contributed by atoms with Crippen LogP contribution in [0.25, 0.3) is 0 Å². The lowest BCUT2D eigenvalue weighted by Gasteiger charge is -2.09. The van der Waals surface area contributed by atoms with E-state index in [1.165, 1.54) is 11.8 Å². The van der Waals surface area contributed by atoms with E-state index in [2.05, 4.69) is 9.84 Å². The number of aliphatic hydroxyl groups is 1. The maximum atomic E-state index is 11.9. The summed E-state index contributed by atoms with van der Waals surface area (Å²) in [4.78, 5) is 23.4. The van der Waals surface area contributed by atoms with E-state index in [1.807, 2.05) is 0 Å². The molecule has 0 aliphatic heterocycles. The van der Waals surface area contributed by atoms with Gasteiger partial charge in [0.1, 0.15) is 6.54 Å². The van der Waals surface area contributed by atoms with Crippen LogP contribution >= 0.6 is 0 Å². The molecule has 3 rings (SSSR count). The van der Waals surface area contributed by atoms with Crippen LogP contribution in [-0.2, 0) is 20.8 Å². The molecule has 2 aliphatic carbocycles. The molecule has 1 N–H and O–H groups in total. The SMILES string of the molecule is CCOC(=O)c1nn(CC(=O)OC)c2c1C1CC1C2O. The molecule has 0 aromatic carbocycles. The van der Waals surface area contributed by atoms with E-state index in [-0.39, 0.29) is 30.7 Å². The number of aromatic nitrogens is 2. The van der Waals surface area contributed by atoms with Gasteiger partial charge in [0.05, 0.1) is 25.5 Å². The van der Waals surface area contributed by atoms with E-state index >= 15 is 0 Å². The zero-order chi connectivity index (χ0) is 14.4. The number of nitrogens with zero attached hydrogens (tertiary/aromatic N) is 2. The van der Waals surface area contributed by atoms with Crippen molar-refractivity contribution in [3.8, 4) is 0 Å². The second-order valence-corrected chi connectivity index (χ2v) is 5.05. The number of hydrogen-bond donors (Lipinski definition) is 1. The zero-order valence-corrected chi connectivity index (χ0v) is 11.3. The van der Waals surface area contributed by atoms with Crippen molar-refractivity contribution in [3.63, 3.8) is 0 Å². The summed E-state index contributed by atoms with van der Waals surface area (Å²) in [6.07, 6.45) is 0.181. The number of esters is 2. The van der Waals surface area contributed by atoms with Gasteiger partial charge in [0.25, 0.3) is 0 Å². The molecule has 3 atom stereocenters. The molecular formula is C13H16N2O5. The number of rotatable bonds is 4. The molecule has 0 amide bonds. The van der Waals surface area contributed by atoms with Crippen LogP contribution in [0.3, 0.4) is 0 Å². The first-order valence-corrected chi connectivity index (χ1v) is 6.61. The second kappa shape index (κ2) is 4.59. The van der Waals surface area contributed by atoms with Gasteiger partial charge in [0, 0.05) is 5.56 Å². The highest BCUT2D eigenvalue weighted by Crippen LogP contribution is 2.62. The van der Waals surface area contributed by atoms with Gasteiger partial charge in [-0.05, 0) is 25.2 Å². The lowest BCUT2D eigenvalue weighted by atomic mass is 10.1. The van der Waals surface area contributed by atoms with Gasteiger partial charge in [-0.15, -0.1) is 0 Å². The van der Waals surface area contributed by atoms with Crippen molar-refractivity contribution < 1.29 is 24.2 Å². The molecule has 1 heterocycles. The minimum atomic E-state index is -0.671. The molecule has 1 saturated carbocycles. The summed E-state index contributed by atoms with van der Waals surface area (Å²) in [5.74, 6) is -0.684. The van der Waals surface area contributed by atoms with Gasteiger partial charge in [0.2, 0.25) is 0 Å². The van der Waals surface area contributed by atoms with Crippen molar-refractivity contribution in [1.82, 2.24) is 9.78 Å². The topological polar surface area (TPSA) is 90.7 Å². The van der Waals surface area contributed by atoms with Crippen molar-refractivity contribution in [2.45, 2.75) is 31.9 Å². The number of fused-ring (bicyclic) bond motifs is 3. The average molecular weight is 280 g/mol. The normalized spacial score (nSPS) is 25.9. The summed E-state index contributed by atoms with van der Waals surface area (Å²) < 4.78 is 11.0. The Morgan fingerprint density at radius 1 is 1.50 bits per heavy atom. The molecule has 20 heavy (non-hydrogen) atoms. The van der Waals surface area contributed by atoms with Gasteiger partial charge in [-0.3, -0.25) is 9.48 Å². The summed E-state index contributed by atoms with van der Waals surface area (Å²) in [6, 6.07) is 0. The van der Waals surface area contributed by atoms with Gasteiger partial charge >= 0.3 is 11.9 Å². The fourth-order valence-electron chi connectivity index (χ4n) is 2.92. The Kier molecular flexibility index (Phi) is 3.01. The monoisotopic (exact) mass is 280 g/mol. The first kappa shape index (κ1) is 13.1. The standard InChI is InChI=1S/C13H16N2O5/c1-3-20-13(18)10-9-6-4-7(6)12(17)11(9)15(14-10)5-8(16)19-2/h6-7,12,17H,3-5H2,1-2H3. The third-order valence-corrected chi connectivity index (χ3v) is 3.90.